The first-order valence-electron chi connectivity index (χ1n) is 13.7. The molecule has 0 bridgehead atoms. The summed E-state index contributed by atoms with van der Waals surface area (Å²) in [6.07, 6.45) is 1.25. The van der Waals surface area contributed by atoms with Crippen LogP contribution in [0.1, 0.15) is 61.6 Å². The van der Waals surface area contributed by atoms with Crippen molar-refractivity contribution in [2.75, 3.05) is 13.1 Å². The van der Waals surface area contributed by atoms with Crippen LogP contribution in [0.15, 0.2) is 54.6 Å². The normalized spacial score (nSPS) is 15.0. The van der Waals surface area contributed by atoms with Crippen LogP contribution in [0.3, 0.4) is 0 Å². The van der Waals surface area contributed by atoms with Gasteiger partial charge in [-0.2, -0.15) is 0 Å². The molecule has 1 atom stereocenters. The van der Waals surface area contributed by atoms with Gasteiger partial charge in [-0.25, -0.2) is 5.48 Å². The maximum absolute atomic E-state index is 13.1. The van der Waals surface area contributed by atoms with Gasteiger partial charge in [-0.3, -0.25) is 24.6 Å². The third-order valence-electron chi connectivity index (χ3n) is 7.32. The van der Waals surface area contributed by atoms with Gasteiger partial charge in [0.2, 0.25) is 11.8 Å². The summed E-state index contributed by atoms with van der Waals surface area (Å²) in [5, 5.41) is 13.1. The maximum Gasteiger partial charge on any atom is 0.251 e. The van der Waals surface area contributed by atoms with Crippen molar-refractivity contribution in [1.82, 2.24) is 20.7 Å². The molecule has 4 rings (SSSR count). The lowest BCUT2D eigenvalue weighted by Gasteiger charge is -2.38. The van der Waals surface area contributed by atoms with Crippen molar-refractivity contribution < 1.29 is 24.3 Å². The van der Waals surface area contributed by atoms with Gasteiger partial charge < -0.3 is 15.0 Å². The minimum absolute atomic E-state index is 0.00785. The molecular weight excluding hydrogens is 508 g/mol. The fraction of sp³-hybridized carbons (Fsp3) is 0.419. The van der Waals surface area contributed by atoms with E-state index in [1.165, 1.54) is 0 Å². The van der Waals surface area contributed by atoms with E-state index in [9.17, 15) is 14.4 Å². The Bertz CT molecular complexity index is 1360. The molecule has 0 saturated carbocycles. The van der Waals surface area contributed by atoms with E-state index in [1.54, 1.807) is 29.7 Å². The van der Waals surface area contributed by atoms with Crippen LogP contribution in [-0.2, 0) is 16.2 Å². The minimum Gasteiger partial charge on any atom is -0.489 e. The Morgan fingerprint density at radius 1 is 1.07 bits per heavy atom. The molecule has 212 valence electrons. The van der Waals surface area contributed by atoms with Gasteiger partial charge in [-0.05, 0) is 62.1 Å². The zero-order chi connectivity index (χ0) is 28.9. The van der Waals surface area contributed by atoms with Crippen molar-refractivity contribution in [2.45, 2.75) is 59.6 Å². The summed E-state index contributed by atoms with van der Waals surface area (Å²) in [6, 6.07) is 16.3. The monoisotopic (exact) mass is 546 g/mol. The number of aromatic nitrogens is 1. The summed E-state index contributed by atoms with van der Waals surface area (Å²) in [7, 11) is 0. The molecule has 0 aliphatic carbocycles. The summed E-state index contributed by atoms with van der Waals surface area (Å²) in [5.74, 6) is -0.171. The highest BCUT2D eigenvalue weighted by Crippen LogP contribution is 2.27. The lowest BCUT2D eigenvalue weighted by Crippen LogP contribution is -2.50. The van der Waals surface area contributed by atoms with Crippen LogP contribution in [0.4, 0.5) is 0 Å². The maximum atomic E-state index is 13.1. The van der Waals surface area contributed by atoms with Gasteiger partial charge in [-0.1, -0.05) is 39.0 Å². The van der Waals surface area contributed by atoms with Crippen molar-refractivity contribution in [3.63, 3.8) is 0 Å². The molecule has 9 heteroatoms. The zero-order valence-corrected chi connectivity index (χ0v) is 23.6. The van der Waals surface area contributed by atoms with Crippen molar-refractivity contribution in [2.24, 2.45) is 11.3 Å². The largest absolute Gasteiger partial charge is 0.489 e. The number of amides is 3. The van der Waals surface area contributed by atoms with Crippen LogP contribution in [0.2, 0.25) is 0 Å². The fourth-order valence-corrected chi connectivity index (χ4v) is 5.19. The number of hydrogen-bond acceptors (Lipinski definition) is 6. The first-order valence-corrected chi connectivity index (χ1v) is 13.7. The highest BCUT2D eigenvalue weighted by Gasteiger charge is 2.34. The summed E-state index contributed by atoms with van der Waals surface area (Å²) in [4.78, 5) is 44.2. The van der Waals surface area contributed by atoms with Gasteiger partial charge in [-0.15, -0.1) is 0 Å². The van der Waals surface area contributed by atoms with Gasteiger partial charge in [0.25, 0.3) is 5.91 Å². The molecule has 1 aromatic heterocycles. The zero-order valence-electron chi connectivity index (χ0n) is 23.6. The SMILES string of the molecule is Cc1cc(COc2ccc(C(=O)NC(CC(=O)NO)C3CCN(C(=O)C(C)(C)C)CC3)cc2)c2ccccc2n1. The van der Waals surface area contributed by atoms with Crippen molar-refractivity contribution in [3.8, 4) is 5.75 Å². The Balaban J connectivity index is 1.38. The number of hydrogen-bond donors (Lipinski definition) is 3. The number of carbonyl (C=O) groups excluding carboxylic acids is 3. The molecule has 3 amide bonds. The van der Waals surface area contributed by atoms with E-state index in [0.717, 1.165) is 22.2 Å². The average molecular weight is 547 g/mol. The second-order valence-electron chi connectivity index (χ2n) is 11.5. The Morgan fingerprint density at radius 2 is 1.75 bits per heavy atom. The Kier molecular flexibility index (Phi) is 9.04. The van der Waals surface area contributed by atoms with Crippen LogP contribution in [0.25, 0.3) is 10.9 Å². The number of nitrogens with one attached hydrogen (secondary N) is 2. The van der Waals surface area contributed by atoms with E-state index in [4.69, 9.17) is 9.94 Å². The molecule has 3 aromatic rings. The number of benzene rings is 2. The summed E-state index contributed by atoms with van der Waals surface area (Å²) in [6.45, 7) is 9.13. The molecule has 2 aromatic carbocycles. The fourth-order valence-electron chi connectivity index (χ4n) is 5.19. The highest BCUT2D eigenvalue weighted by atomic mass is 16.5. The molecule has 1 aliphatic heterocycles. The molecule has 1 aliphatic rings. The number of hydroxylamine groups is 1. The number of ether oxygens (including phenoxy) is 1. The van der Waals surface area contributed by atoms with Gasteiger partial charge >= 0.3 is 0 Å². The summed E-state index contributed by atoms with van der Waals surface area (Å²) < 4.78 is 6.01. The second kappa shape index (κ2) is 12.5. The number of aryl methyl sites for hydroxylation is 1. The molecular formula is C31H38N4O5. The molecule has 9 nitrogen and oxygen atoms in total. The number of likely N-dealkylation sites (tertiary alicyclic amines) is 1. The van der Waals surface area contributed by atoms with Crippen molar-refractivity contribution in [3.05, 3.63) is 71.4 Å². The Morgan fingerprint density at radius 3 is 2.40 bits per heavy atom. The van der Waals surface area contributed by atoms with E-state index in [0.29, 0.717) is 43.9 Å². The van der Waals surface area contributed by atoms with Gasteiger partial charge in [0.05, 0.1) is 5.52 Å². The quantitative estimate of drug-likeness (QED) is 0.285. The van der Waals surface area contributed by atoms with Crippen molar-refractivity contribution >= 4 is 28.6 Å². The average Bonchev–Trinajstić information content (AvgIpc) is 2.94. The Labute approximate surface area is 234 Å². The van der Waals surface area contributed by atoms with Gasteiger partial charge in [0, 0.05) is 53.2 Å². The van der Waals surface area contributed by atoms with E-state index in [1.807, 2.05) is 62.9 Å². The van der Waals surface area contributed by atoms with Crippen LogP contribution in [0.5, 0.6) is 5.75 Å². The predicted octanol–water partition coefficient (Wildman–Crippen LogP) is 4.40. The van der Waals surface area contributed by atoms with Crippen LogP contribution >= 0.6 is 0 Å². The molecule has 0 radical (unpaired) electrons. The van der Waals surface area contributed by atoms with E-state index in [-0.39, 0.29) is 24.2 Å². The van der Waals surface area contributed by atoms with E-state index < -0.39 is 17.4 Å². The van der Waals surface area contributed by atoms with Crippen LogP contribution < -0.4 is 15.5 Å². The highest BCUT2D eigenvalue weighted by molar-refractivity contribution is 5.95. The number of fused-ring (bicyclic) bond motifs is 1. The molecule has 2 heterocycles. The van der Waals surface area contributed by atoms with Crippen LogP contribution in [-0.4, -0.2) is 51.9 Å². The van der Waals surface area contributed by atoms with Crippen LogP contribution in [0, 0.1) is 18.3 Å². The van der Waals surface area contributed by atoms with E-state index in [2.05, 4.69) is 10.3 Å². The smallest absolute Gasteiger partial charge is 0.251 e. The third kappa shape index (κ3) is 7.15. The number of pyridine rings is 1. The van der Waals surface area contributed by atoms with Crippen molar-refractivity contribution in [1.29, 1.82) is 0 Å². The molecule has 0 spiro atoms. The number of piperidine rings is 1. The first kappa shape index (κ1) is 29.0. The third-order valence-corrected chi connectivity index (χ3v) is 7.32. The molecule has 1 fully saturated rings. The minimum atomic E-state index is -0.568. The molecule has 1 unspecified atom stereocenters. The molecule has 40 heavy (non-hydrogen) atoms. The van der Waals surface area contributed by atoms with E-state index >= 15 is 0 Å². The summed E-state index contributed by atoms with van der Waals surface area (Å²) >= 11 is 0. The number of carbonyl (C=O) groups is 3. The lowest BCUT2D eigenvalue weighted by atomic mass is 9.85. The predicted molar refractivity (Wildman–Crippen MR) is 152 cm³/mol. The molecule has 1 saturated heterocycles. The topological polar surface area (TPSA) is 121 Å². The standard InChI is InChI=1S/C31H38N4O5/c1-20-17-23(25-7-5-6-8-26(25)32-20)19-40-24-11-9-22(10-12-24)29(37)33-27(18-28(36)34-39)21-13-15-35(16-14-21)30(38)31(2,3)4/h5-12,17,21,27,39H,13-16,18-19H2,1-4H3,(H,33,37)(H,34,36). The van der Waals surface area contributed by atoms with Gasteiger partial charge in [0.15, 0.2) is 0 Å². The summed E-state index contributed by atoms with van der Waals surface area (Å²) in [5.41, 5.74) is 4.52. The second-order valence-corrected chi connectivity index (χ2v) is 11.5. The lowest BCUT2D eigenvalue weighted by molar-refractivity contribution is -0.141. The number of rotatable bonds is 8. The Hall–Kier alpha value is -3.98. The first-order chi connectivity index (χ1) is 19.0. The number of nitrogens with zero attached hydrogens (tertiary/aromatic N) is 2. The van der Waals surface area contributed by atoms with Gasteiger partial charge in [0.1, 0.15) is 12.4 Å². The molecule has 3 N–H and O–H groups in total. The number of para-hydroxylation sites is 1.